The van der Waals surface area contributed by atoms with Gasteiger partial charge in [0.2, 0.25) is 41.1 Å². The number of Topliss-reactive ketones (excluding diaryl/α,β-unsaturated/α-hetero) is 4. The van der Waals surface area contributed by atoms with E-state index in [0.717, 1.165) is 69.0 Å². The molecule has 9 amide bonds. The molecule has 798 valence electrons. The summed E-state index contributed by atoms with van der Waals surface area (Å²) in [6.45, 7) is 19.5. The number of ether oxygens (including phenoxy) is 7. The largest absolute Gasteiger partial charge is 0.481 e. The van der Waals surface area contributed by atoms with Crippen molar-refractivity contribution in [2.24, 2.45) is 74.9 Å². The quantitative estimate of drug-likeness (QED) is 0.0125. The number of rotatable bonds is 33. The van der Waals surface area contributed by atoms with Crippen LogP contribution in [0.4, 0.5) is 11.4 Å². The second kappa shape index (κ2) is 45.6. The first-order valence-corrected chi connectivity index (χ1v) is 50.9. The van der Waals surface area contributed by atoms with Crippen LogP contribution in [-0.2, 0) is 142 Å². The van der Waals surface area contributed by atoms with Gasteiger partial charge in [-0.25, -0.2) is 0 Å². The van der Waals surface area contributed by atoms with Crippen LogP contribution in [0.3, 0.4) is 0 Å². The average Bonchev–Trinajstić information content (AvgIpc) is 1.51. The summed E-state index contributed by atoms with van der Waals surface area (Å²) in [5.74, 6) is -11.8. The number of carboxylic acid groups (broad SMARTS) is 2. The third-order valence-electron chi connectivity index (χ3n) is 31.9. The number of esters is 3. The van der Waals surface area contributed by atoms with Crippen LogP contribution in [0.25, 0.3) is 0 Å². The Morgan fingerprint density at radius 2 is 0.887 bits per heavy atom. The van der Waals surface area contributed by atoms with Crippen LogP contribution in [0.15, 0.2) is 169 Å². The number of nitrogens with one attached hydrogen (secondary N) is 4. The molecule has 37 nitrogen and oxygen atoms in total. The van der Waals surface area contributed by atoms with Gasteiger partial charge in [-0.15, -0.1) is 0 Å². The van der Waals surface area contributed by atoms with Gasteiger partial charge in [-0.3, -0.25) is 111 Å². The Balaban J connectivity index is 0.000000202. The number of aliphatic hydroxyl groups excluding tert-OH is 2. The normalized spacial score (nSPS) is 29.3. The fraction of sp³-hybridized carbons (Fsp3) is 0.504. The molecule has 8 N–H and O–H groups in total. The van der Waals surface area contributed by atoms with Crippen molar-refractivity contribution in [2.75, 3.05) is 36.9 Å². The van der Waals surface area contributed by atoms with Crippen LogP contribution in [-0.4, -0.2) is 222 Å². The highest BCUT2D eigenvalue weighted by Gasteiger charge is 2.78. The van der Waals surface area contributed by atoms with Crippen molar-refractivity contribution in [3.63, 3.8) is 0 Å². The van der Waals surface area contributed by atoms with E-state index in [1.165, 1.54) is 6.92 Å². The number of benzene rings is 4. The number of hydrogen-bond acceptors (Lipinski definition) is 29. The SMILES string of the molecule is CC(C)C(=O)C[C@@H](C)C(=O)Nc1cccc(Cc2ccc([C@@H]3O[C@@H]4C[C@H]5[C@@H]6CCC7=CC(=O)C=C[C@]7(C)[C@H]6[C@@H](O)C[C@]5(C)[C@]4(C(=O)COC(=O)CCC(=O)OC(C)(C)C)O3)cc2)c1.C[C@H](CC(=O)[C@H](C)NC(=O)CN1C(=O)C=CC1=O)C(=O)Nc1cccc(Cc2ccc([C@@H]3O[C@@H]4C[C@H]5[C@@H]6CCC7=CC(=O)C=C[C@]7(C)[C@H]6[C@@H](O)C[C@]5(C)[C@]4(C(=O)COC(=O)CCC(=O)O)O3)cc2)c1.O=C(O)CN1C(=O)C=CC1=O.O=C1CCC(=O)N1. The van der Waals surface area contributed by atoms with Gasteiger partial charge in [-0.2, -0.15) is 0 Å². The number of nitrogens with zero attached hydrogens (tertiary/aromatic N) is 2. The van der Waals surface area contributed by atoms with E-state index in [1.807, 2.05) is 125 Å². The highest BCUT2D eigenvalue weighted by molar-refractivity contribution is 6.15. The summed E-state index contributed by atoms with van der Waals surface area (Å²) in [4.78, 5) is 243. The minimum atomic E-state index is -1.62. The summed E-state index contributed by atoms with van der Waals surface area (Å²) in [6, 6.07) is 29.2. The third-order valence-corrected chi connectivity index (χ3v) is 31.9. The molecule has 21 atom stereocenters. The zero-order chi connectivity index (χ0) is 109. The Hall–Kier alpha value is -13.7. The summed E-state index contributed by atoms with van der Waals surface area (Å²) < 4.78 is 43.5. The van der Waals surface area contributed by atoms with E-state index in [-0.39, 0.29) is 115 Å². The molecule has 5 heterocycles. The summed E-state index contributed by atoms with van der Waals surface area (Å²) >= 11 is 0. The number of carbonyl (C=O) groups is 20. The summed E-state index contributed by atoms with van der Waals surface area (Å²) in [5.41, 5.74) is 1.49. The number of aliphatic hydroxyl groups is 2. The lowest BCUT2D eigenvalue weighted by molar-refractivity contribution is -0.202. The molecule has 4 aromatic rings. The fourth-order valence-corrected chi connectivity index (χ4v) is 24.5. The Bertz CT molecular complexity index is 6230. The first kappa shape index (κ1) is 112. The van der Waals surface area contributed by atoms with Crippen molar-refractivity contribution in [3.8, 4) is 0 Å². The predicted octanol–water partition coefficient (Wildman–Crippen LogP) is 10.4. The van der Waals surface area contributed by atoms with Gasteiger partial charge in [-0.05, 0) is 186 Å². The van der Waals surface area contributed by atoms with E-state index in [0.29, 0.717) is 85.2 Å². The maximum Gasteiger partial charge on any atom is 0.323 e. The molecule has 0 aromatic heterocycles. The Labute approximate surface area is 867 Å². The monoisotopic (exact) mass is 2070 g/mol. The van der Waals surface area contributed by atoms with Crippen LogP contribution >= 0.6 is 0 Å². The van der Waals surface area contributed by atoms with E-state index in [9.17, 15) is 106 Å². The number of anilines is 2. The van der Waals surface area contributed by atoms with E-state index >= 15 is 0 Å². The zero-order valence-electron chi connectivity index (χ0n) is 86.0. The molecule has 9 fully saturated rings. The van der Waals surface area contributed by atoms with Crippen molar-refractivity contribution in [3.05, 3.63) is 202 Å². The standard InChI is InChI=1S/C52H57N3O14.C51H63NO11.C6H5NO4.C4H5NO2/c1-28(20-38(57)29(2)53-42(60)26-55-43(61)14-15-44(55)62)48(66)54-34-7-5-6-31(22-34)21-30-8-10-32(11-9-30)49-68-41-24-37-36-13-12-33-23-35(56)18-19-50(33,3)47(36)39(58)25-51(37,4)52(41,69-49)40(59)27-67-46(65)17-16-45(63)64;1-29(2)39(54)22-30(3)46(59)52-35-11-9-10-32(24-35)23-31-12-14-33(15-13-31)47-61-42-26-38-37-17-16-34-25-36(53)20-21-49(34,7)45(37)40(55)27-50(38,8)51(42,63-47)41(56)28-60-43(57)18-19-44(58)62-48(4,5)6;8-4-1-2-5(9)7(4)3-6(10)11;6-3-1-2-4(7)5-3/h5-11,14-15,18-19,22-23,28-29,36-37,39,41,47,49,58H,12-13,16-17,20-21,24-27H2,1-4H3,(H,53,60)(H,54,66)(H,63,64);9-15,20-21,24-25,29-30,37-38,40,42,45,47,55H,16-19,22-23,26-28H2,1-8H3,(H,52,59);1-2H,3H2,(H,10,11);1-2H2,(H,5,6,7)/t28-,29+,36+,37+,39+,41-,47-,49-,50+,51+,52-;30-,37+,38+,40+,42-,45-,47-,49+,50+,51-;;/m11../s1. The molecule has 17 rings (SSSR count). The average molecular weight is 2070 g/mol. The number of carboxylic acids is 2. The number of hydrogen-bond donors (Lipinski definition) is 8. The molecule has 6 saturated carbocycles. The number of allylic oxidation sites excluding steroid dienone is 8. The van der Waals surface area contributed by atoms with Crippen LogP contribution in [0, 0.1) is 74.9 Å². The number of aliphatic carboxylic acids is 2. The van der Waals surface area contributed by atoms with Gasteiger partial charge in [0.1, 0.15) is 24.5 Å². The minimum absolute atomic E-state index is 0.000333. The van der Waals surface area contributed by atoms with E-state index in [2.05, 4.69) is 35.1 Å². The molecule has 4 aromatic carbocycles. The lowest BCUT2D eigenvalue weighted by Crippen LogP contribution is -2.63. The number of imide groups is 3. The topological polar surface area (TPSA) is 542 Å². The number of ketones is 6. The second-order valence-electron chi connectivity index (χ2n) is 43.5. The second-order valence-corrected chi connectivity index (χ2v) is 43.5. The molecule has 150 heavy (non-hydrogen) atoms. The fourth-order valence-electron chi connectivity index (χ4n) is 24.5. The molecule has 0 radical (unpaired) electrons. The van der Waals surface area contributed by atoms with E-state index in [1.54, 1.807) is 71.1 Å². The highest BCUT2D eigenvalue weighted by Crippen LogP contribution is 2.73. The molecule has 5 aliphatic heterocycles. The van der Waals surface area contributed by atoms with Crippen molar-refractivity contribution in [1.82, 2.24) is 20.4 Å². The number of fused-ring (bicyclic) bond motifs is 14. The summed E-state index contributed by atoms with van der Waals surface area (Å²) in [6.07, 6.45) is 14.3. The first-order valence-electron chi connectivity index (χ1n) is 50.9. The minimum Gasteiger partial charge on any atom is -0.481 e. The Morgan fingerprint density at radius 1 is 0.487 bits per heavy atom. The molecule has 0 spiro atoms. The van der Waals surface area contributed by atoms with Crippen LogP contribution in [0.2, 0.25) is 0 Å². The van der Waals surface area contributed by atoms with Gasteiger partial charge < -0.3 is 69.5 Å². The van der Waals surface area contributed by atoms with Gasteiger partial charge in [0.25, 0.3) is 23.6 Å². The third kappa shape index (κ3) is 24.1. The molecule has 0 bridgehead atoms. The van der Waals surface area contributed by atoms with Gasteiger partial charge in [0.05, 0.1) is 56.1 Å². The van der Waals surface area contributed by atoms with Gasteiger partial charge in [0, 0.05) is 124 Å². The molecular weight excluding hydrogens is 1940 g/mol. The number of amides is 9. The van der Waals surface area contributed by atoms with Crippen LogP contribution in [0.5, 0.6) is 0 Å². The van der Waals surface area contributed by atoms with Crippen molar-refractivity contribution < 1.29 is 149 Å². The predicted molar refractivity (Wildman–Crippen MR) is 534 cm³/mol. The molecular formula is C113H130N6O31. The van der Waals surface area contributed by atoms with Crippen molar-refractivity contribution in [1.29, 1.82) is 0 Å². The van der Waals surface area contributed by atoms with Crippen molar-refractivity contribution in [2.45, 2.75) is 259 Å². The number of carbonyl (C=O) groups excluding carboxylic acids is 18. The maximum absolute atomic E-state index is 14.8. The highest BCUT2D eigenvalue weighted by atomic mass is 16.8. The molecule has 0 unspecified atom stereocenters. The first-order chi connectivity index (χ1) is 70.7. The summed E-state index contributed by atoms with van der Waals surface area (Å²) in [7, 11) is 0. The van der Waals surface area contributed by atoms with Gasteiger partial charge in [0.15, 0.2) is 54.3 Å². The van der Waals surface area contributed by atoms with E-state index in [4.69, 9.17) is 43.4 Å². The lowest BCUT2D eigenvalue weighted by Gasteiger charge is -2.59. The molecule has 37 heteroatoms. The maximum atomic E-state index is 14.8. The van der Waals surface area contributed by atoms with E-state index < -0.39 is 215 Å². The Kier molecular flexibility index (Phi) is 34.0. The summed E-state index contributed by atoms with van der Waals surface area (Å²) in [5, 5.41) is 52.1. The zero-order valence-corrected chi connectivity index (χ0v) is 86.0. The van der Waals surface area contributed by atoms with Gasteiger partial charge >= 0.3 is 29.8 Å². The smallest absolute Gasteiger partial charge is 0.323 e. The van der Waals surface area contributed by atoms with Crippen LogP contribution < -0.4 is 21.3 Å². The molecule has 3 saturated heterocycles. The lowest BCUT2D eigenvalue weighted by atomic mass is 9.46. The van der Waals surface area contributed by atoms with Crippen LogP contribution in [0.1, 0.15) is 232 Å². The van der Waals surface area contributed by atoms with Gasteiger partial charge in [-0.1, -0.05) is 151 Å². The molecule has 13 aliphatic rings. The molecule has 8 aliphatic carbocycles. The van der Waals surface area contributed by atoms with Crippen molar-refractivity contribution >= 4 is 129 Å². The Morgan fingerprint density at radius 3 is 1.27 bits per heavy atom.